The zero-order valence-electron chi connectivity index (χ0n) is 28.2. The second kappa shape index (κ2) is 15.8. The summed E-state index contributed by atoms with van der Waals surface area (Å²) in [5.41, 5.74) is 8.25. The third-order valence-corrected chi connectivity index (χ3v) is 8.91. The summed E-state index contributed by atoms with van der Waals surface area (Å²) in [6.07, 6.45) is 3.33. The molecule has 5 aromatic rings. The number of H-pyrrole nitrogens is 1. The topological polar surface area (TPSA) is 107 Å². The van der Waals surface area contributed by atoms with Crippen LogP contribution in [0.15, 0.2) is 103 Å². The Bertz CT molecular complexity index is 1910. The first-order chi connectivity index (χ1) is 23.9. The number of methoxy groups -OCH3 is 1. The van der Waals surface area contributed by atoms with Crippen molar-refractivity contribution >= 4 is 34.8 Å². The molecule has 252 valence electrons. The smallest absolute Gasteiger partial charge is 0.407 e. The first kappa shape index (κ1) is 33.6. The van der Waals surface area contributed by atoms with E-state index in [2.05, 4.69) is 62.1 Å². The maximum Gasteiger partial charge on any atom is 0.407 e. The minimum atomic E-state index is -0.829. The van der Waals surface area contributed by atoms with Crippen LogP contribution in [0.25, 0.3) is 22.0 Å². The predicted molar refractivity (Wildman–Crippen MR) is 194 cm³/mol. The van der Waals surface area contributed by atoms with E-state index in [9.17, 15) is 9.59 Å². The van der Waals surface area contributed by atoms with Crippen molar-refractivity contribution in [3.05, 3.63) is 126 Å². The summed E-state index contributed by atoms with van der Waals surface area (Å²) in [7, 11) is 5.36. The Morgan fingerprint density at radius 2 is 1.65 bits per heavy atom. The van der Waals surface area contributed by atoms with Crippen molar-refractivity contribution < 1.29 is 23.6 Å². The predicted octanol–water partition coefficient (Wildman–Crippen LogP) is 6.09. The maximum atomic E-state index is 13.6. The number of alkyl carbamates (subject to hydrolysis) is 1. The molecule has 1 aliphatic heterocycles. The van der Waals surface area contributed by atoms with Gasteiger partial charge in [0.15, 0.2) is 6.21 Å². The van der Waals surface area contributed by atoms with Gasteiger partial charge in [0.1, 0.15) is 20.1 Å². The molecule has 4 N–H and O–H groups in total. The van der Waals surface area contributed by atoms with Crippen LogP contribution in [0.3, 0.4) is 0 Å². The summed E-state index contributed by atoms with van der Waals surface area (Å²) in [5.74, 6) is -0.313. The second-order valence-electron chi connectivity index (χ2n) is 12.6. The molecule has 1 aliphatic rings. The summed E-state index contributed by atoms with van der Waals surface area (Å²) in [6.45, 7) is 1.27. The van der Waals surface area contributed by atoms with E-state index in [0.29, 0.717) is 25.3 Å². The molecule has 4 aromatic carbocycles. The molecule has 0 radical (unpaired) electrons. The van der Waals surface area contributed by atoms with Gasteiger partial charge in [0, 0.05) is 35.2 Å². The van der Waals surface area contributed by atoms with Crippen molar-refractivity contribution in [2.45, 2.75) is 37.5 Å². The Hall–Kier alpha value is -5.25. The Balaban J connectivity index is 1.08. The van der Waals surface area contributed by atoms with Crippen molar-refractivity contribution in [1.29, 1.82) is 0 Å². The third kappa shape index (κ3) is 8.43. The number of carbonyl (C=O) groups excluding carboxylic acids is 2. The molecular weight excluding hydrogens is 614 g/mol. The van der Waals surface area contributed by atoms with Gasteiger partial charge in [0.2, 0.25) is 5.91 Å². The van der Waals surface area contributed by atoms with Gasteiger partial charge in [-0.15, -0.1) is 0 Å². The molecule has 0 aliphatic carbocycles. The number of aryl methyl sites for hydroxylation is 1. The fourth-order valence-corrected chi connectivity index (χ4v) is 6.36. The Morgan fingerprint density at radius 3 is 2.39 bits per heavy atom. The van der Waals surface area contributed by atoms with E-state index in [0.717, 1.165) is 46.3 Å². The van der Waals surface area contributed by atoms with Crippen LogP contribution in [-0.4, -0.2) is 74.3 Å². The number of fused-ring (bicyclic) bond motifs is 1. The number of aromatic nitrogens is 1. The number of nitrogens with zero attached hydrogens (tertiary/aromatic N) is 1. The van der Waals surface area contributed by atoms with Gasteiger partial charge >= 0.3 is 6.09 Å². The Kier molecular flexibility index (Phi) is 10.8. The zero-order valence-corrected chi connectivity index (χ0v) is 28.2. The lowest BCUT2D eigenvalue weighted by atomic mass is 10.00. The lowest BCUT2D eigenvalue weighted by Crippen LogP contribution is -2.45. The highest BCUT2D eigenvalue weighted by Crippen LogP contribution is 2.28. The van der Waals surface area contributed by atoms with Crippen LogP contribution in [0.1, 0.15) is 34.8 Å². The number of ether oxygens (including phenoxy) is 2. The highest BCUT2D eigenvalue weighted by atomic mass is 16.5. The molecule has 0 spiro atoms. The molecule has 0 bridgehead atoms. The van der Waals surface area contributed by atoms with Crippen LogP contribution < -0.4 is 16.0 Å². The van der Waals surface area contributed by atoms with Gasteiger partial charge in [-0.1, -0.05) is 91.0 Å². The molecule has 0 unspecified atom stereocenters. The molecule has 0 saturated carbocycles. The average Bonchev–Trinajstić information content (AvgIpc) is 3.49. The van der Waals surface area contributed by atoms with Crippen molar-refractivity contribution in [1.82, 2.24) is 15.6 Å². The normalized spacial score (nSPS) is 16.5. The minimum absolute atomic E-state index is 0.0262. The number of anilines is 1. The first-order valence-corrected chi connectivity index (χ1v) is 16.7. The summed E-state index contributed by atoms with van der Waals surface area (Å²) >= 11 is 0. The van der Waals surface area contributed by atoms with E-state index >= 15 is 0 Å². The molecule has 1 saturated heterocycles. The van der Waals surface area contributed by atoms with Crippen LogP contribution in [0, 0.1) is 0 Å². The monoisotopic (exact) mass is 658 g/mol. The Morgan fingerprint density at radius 1 is 0.939 bits per heavy atom. The van der Waals surface area contributed by atoms with Crippen LogP contribution in [0.5, 0.6) is 0 Å². The van der Waals surface area contributed by atoms with E-state index in [1.165, 1.54) is 18.1 Å². The largest absolute Gasteiger partial charge is 0.453 e. The molecule has 49 heavy (non-hydrogen) atoms. The van der Waals surface area contributed by atoms with Crippen LogP contribution in [0.2, 0.25) is 0 Å². The molecule has 1 fully saturated rings. The number of carbonyl (C=O) groups is 2. The lowest BCUT2D eigenvalue weighted by Gasteiger charge is -2.30. The molecule has 2 heterocycles. The van der Waals surface area contributed by atoms with Crippen molar-refractivity contribution in [2.24, 2.45) is 0 Å². The zero-order chi connectivity index (χ0) is 34.2. The number of hydrogen-bond acceptors (Lipinski definition) is 5. The average molecular weight is 659 g/mol. The van der Waals surface area contributed by atoms with Crippen molar-refractivity contribution in [3.8, 4) is 11.1 Å². The van der Waals surface area contributed by atoms with E-state index < -0.39 is 12.1 Å². The number of para-hydroxylation sites is 2. The third-order valence-electron chi connectivity index (χ3n) is 8.91. The van der Waals surface area contributed by atoms with Crippen molar-refractivity contribution in [3.63, 3.8) is 0 Å². The van der Waals surface area contributed by atoms with E-state index in [1.54, 1.807) is 0 Å². The number of rotatable bonds is 11. The van der Waals surface area contributed by atoms with Gasteiger partial charge in [-0.2, -0.15) is 0 Å². The molecule has 3 atom stereocenters. The summed E-state index contributed by atoms with van der Waals surface area (Å²) in [4.78, 5) is 29.5. The standard InChI is InChI=1S/C40H43N5O4/c1-45(2)25-33-32-14-8-10-16-35(32)42-38(33)37-26-49-31(24-41-37)22-21-30-13-7-9-15-34(30)43-39(46)36(44-40(47)48-3)23-27-17-19-29(20-18-27)28-11-5-4-6-12-28/h4-20,25,31,36-37,41H,21-24,26H2,1-3H3,(H2,43,44,46,47)/p+1/t31-,36+,37+/m1/s1. The van der Waals surface area contributed by atoms with E-state index in [-0.39, 0.29) is 18.1 Å². The number of aromatic amines is 1. The molecule has 9 heteroatoms. The fourth-order valence-electron chi connectivity index (χ4n) is 6.36. The first-order valence-electron chi connectivity index (χ1n) is 16.7. The summed E-state index contributed by atoms with van der Waals surface area (Å²) in [6, 6.07) is 33.5. The number of benzene rings is 4. The number of amides is 2. The second-order valence-corrected chi connectivity index (χ2v) is 12.6. The van der Waals surface area contributed by atoms with Crippen LogP contribution in [0.4, 0.5) is 10.5 Å². The van der Waals surface area contributed by atoms with Crippen LogP contribution >= 0.6 is 0 Å². The highest BCUT2D eigenvalue weighted by Gasteiger charge is 2.27. The van der Waals surface area contributed by atoms with Gasteiger partial charge in [-0.25, -0.2) is 9.37 Å². The molecule has 2 amide bonds. The quantitative estimate of drug-likeness (QED) is 0.102. The van der Waals surface area contributed by atoms with Gasteiger partial charge in [-0.05, 0) is 47.2 Å². The minimum Gasteiger partial charge on any atom is -0.453 e. The maximum absolute atomic E-state index is 13.6. The molecule has 9 nitrogen and oxygen atoms in total. The number of hydrogen-bond donors (Lipinski definition) is 4. The van der Waals surface area contributed by atoms with E-state index in [1.807, 2.05) is 86.9 Å². The Labute approximate surface area is 287 Å². The van der Waals surface area contributed by atoms with Gasteiger partial charge in [0.25, 0.3) is 0 Å². The summed E-state index contributed by atoms with van der Waals surface area (Å²) < 4.78 is 13.3. The molecule has 1 aromatic heterocycles. The van der Waals surface area contributed by atoms with Crippen molar-refractivity contribution in [2.75, 3.05) is 39.7 Å². The lowest BCUT2D eigenvalue weighted by molar-refractivity contribution is -0.458. The van der Waals surface area contributed by atoms with Crippen LogP contribution in [-0.2, 0) is 27.1 Å². The number of morpholine rings is 1. The van der Waals surface area contributed by atoms with Gasteiger partial charge in [0.05, 0.1) is 31.4 Å². The van der Waals surface area contributed by atoms with E-state index in [4.69, 9.17) is 9.47 Å². The fraction of sp³-hybridized carbons (Fsp3) is 0.275. The highest BCUT2D eigenvalue weighted by molar-refractivity contribution is 5.99. The number of nitrogens with one attached hydrogen (secondary N) is 4. The molecular formula is C40H44N5O4+. The molecule has 6 rings (SSSR count). The SMILES string of the molecule is COC(=O)N[C@@H](Cc1ccc(-c2ccccc2)cc1)C(=O)Nc1ccccc1CC[C@@H]1CN[C@H](c2[nH]c3ccccc3c2C=[N+](C)C)CO1. The van der Waals surface area contributed by atoms with Gasteiger partial charge < -0.3 is 30.4 Å². The summed E-state index contributed by atoms with van der Waals surface area (Å²) in [5, 5.41) is 10.7. The van der Waals surface area contributed by atoms with Gasteiger partial charge in [-0.3, -0.25) is 4.79 Å².